The minimum absolute atomic E-state index is 0.0819. The van der Waals surface area contributed by atoms with E-state index in [-0.39, 0.29) is 24.4 Å². The number of halogens is 3. The van der Waals surface area contributed by atoms with E-state index in [0.717, 1.165) is 12.3 Å². The third-order valence-electron chi connectivity index (χ3n) is 5.18. The molecule has 29 heavy (non-hydrogen) atoms. The monoisotopic (exact) mass is 413 g/mol. The van der Waals surface area contributed by atoms with E-state index in [2.05, 4.69) is 10.3 Å². The third kappa shape index (κ3) is 5.39. The SMILES string of the molecule is CC(C)(C)OC(=O)NC1CC[C@H](C(=O)N2CCc3ncc(C(F)(F)F)cc3C2)C1. The van der Waals surface area contributed by atoms with Crippen molar-refractivity contribution in [3.05, 3.63) is 29.1 Å². The second-order valence-electron chi connectivity index (χ2n) is 8.69. The summed E-state index contributed by atoms with van der Waals surface area (Å²) in [5.74, 6) is -0.336. The molecular weight excluding hydrogens is 387 g/mol. The van der Waals surface area contributed by atoms with Crippen molar-refractivity contribution >= 4 is 12.0 Å². The molecule has 3 rings (SSSR count). The maximum Gasteiger partial charge on any atom is 0.417 e. The van der Waals surface area contributed by atoms with Gasteiger partial charge in [0, 0.05) is 43.4 Å². The Morgan fingerprint density at radius 1 is 1.24 bits per heavy atom. The van der Waals surface area contributed by atoms with Gasteiger partial charge in [0.2, 0.25) is 5.91 Å². The van der Waals surface area contributed by atoms with Crippen LogP contribution in [0.4, 0.5) is 18.0 Å². The first-order valence-corrected chi connectivity index (χ1v) is 9.75. The molecule has 1 N–H and O–H groups in total. The summed E-state index contributed by atoms with van der Waals surface area (Å²) in [6.45, 7) is 5.90. The molecule has 0 bridgehead atoms. The van der Waals surface area contributed by atoms with Gasteiger partial charge in [-0.2, -0.15) is 13.2 Å². The summed E-state index contributed by atoms with van der Waals surface area (Å²) >= 11 is 0. The molecule has 2 amide bonds. The second-order valence-corrected chi connectivity index (χ2v) is 8.69. The smallest absolute Gasteiger partial charge is 0.417 e. The molecule has 0 spiro atoms. The first-order valence-electron chi connectivity index (χ1n) is 9.75. The lowest BCUT2D eigenvalue weighted by molar-refractivity contribution is -0.138. The Morgan fingerprint density at radius 2 is 1.97 bits per heavy atom. The second kappa shape index (κ2) is 7.84. The number of fused-ring (bicyclic) bond motifs is 1. The van der Waals surface area contributed by atoms with Gasteiger partial charge in [-0.1, -0.05) is 0 Å². The summed E-state index contributed by atoms with van der Waals surface area (Å²) < 4.78 is 44.1. The van der Waals surface area contributed by atoms with Gasteiger partial charge in [0.1, 0.15) is 5.60 Å². The predicted molar refractivity (Wildman–Crippen MR) is 98.9 cm³/mol. The van der Waals surface area contributed by atoms with Crippen LogP contribution >= 0.6 is 0 Å². The number of ether oxygens (including phenoxy) is 1. The molecule has 1 aliphatic heterocycles. The van der Waals surface area contributed by atoms with Crippen LogP contribution in [0.25, 0.3) is 0 Å². The van der Waals surface area contributed by atoms with Gasteiger partial charge in [0.15, 0.2) is 0 Å². The van der Waals surface area contributed by atoms with E-state index < -0.39 is 23.4 Å². The van der Waals surface area contributed by atoms with Crippen molar-refractivity contribution in [2.75, 3.05) is 6.54 Å². The highest BCUT2D eigenvalue weighted by Gasteiger charge is 2.36. The van der Waals surface area contributed by atoms with Gasteiger partial charge in [-0.3, -0.25) is 9.78 Å². The van der Waals surface area contributed by atoms with Crippen LogP contribution in [0, 0.1) is 5.92 Å². The highest BCUT2D eigenvalue weighted by Crippen LogP contribution is 2.33. The van der Waals surface area contributed by atoms with Gasteiger partial charge in [0.05, 0.1) is 5.56 Å². The lowest BCUT2D eigenvalue weighted by Gasteiger charge is -2.31. The van der Waals surface area contributed by atoms with E-state index >= 15 is 0 Å². The van der Waals surface area contributed by atoms with Gasteiger partial charge in [-0.15, -0.1) is 0 Å². The summed E-state index contributed by atoms with van der Waals surface area (Å²) in [6, 6.07) is 0.942. The Labute approximate surface area is 167 Å². The molecule has 2 atom stereocenters. The number of carbonyl (C=O) groups is 2. The number of pyridine rings is 1. The Bertz CT molecular complexity index is 789. The molecule has 1 aromatic rings. The van der Waals surface area contributed by atoms with Crippen molar-refractivity contribution in [2.45, 2.75) is 70.8 Å². The maximum absolute atomic E-state index is 12.9. The van der Waals surface area contributed by atoms with Crippen LogP contribution in [0.3, 0.4) is 0 Å². The van der Waals surface area contributed by atoms with Crippen LogP contribution in [0.2, 0.25) is 0 Å². The van der Waals surface area contributed by atoms with Crippen LogP contribution in [-0.4, -0.2) is 40.1 Å². The number of amides is 2. The van der Waals surface area contributed by atoms with E-state index in [1.165, 1.54) is 0 Å². The molecule has 0 radical (unpaired) electrons. The van der Waals surface area contributed by atoms with Crippen LogP contribution in [0.5, 0.6) is 0 Å². The molecular formula is C20H26F3N3O3. The van der Waals surface area contributed by atoms with Crippen LogP contribution in [0.1, 0.15) is 56.9 Å². The first kappa shape index (κ1) is 21.4. The lowest BCUT2D eigenvalue weighted by atomic mass is 10.00. The number of nitrogens with zero attached hydrogens (tertiary/aromatic N) is 2. The largest absolute Gasteiger partial charge is 0.444 e. The summed E-state index contributed by atoms with van der Waals surface area (Å²) in [4.78, 5) is 30.3. The fraction of sp³-hybridized carbons (Fsp3) is 0.650. The van der Waals surface area contributed by atoms with Crippen LogP contribution < -0.4 is 5.32 Å². The van der Waals surface area contributed by atoms with Crippen molar-refractivity contribution in [2.24, 2.45) is 5.92 Å². The number of alkyl halides is 3. The predicted octanol–water partition coefficient (Wildman–Crippen LogP) is 3.68. The average Bonchev–Trinajstić information content (AvgIpc) is 3.06. The summed E-state index contributed by atoms with van der Waals surface area (Å²) in [5, 5.41) is 2.80. The molecule has 6 nitrogen and oxygen atoms in total. The lowest BCUT2D eigenvalue weighted by Crippen LogP contribution is -2.41. The Hall–Kier alpha value is -2.32. The highest BCUT2D eigenvalue weighted by molar-refractivity contribution is 5.79. The van der Waals surface area contributed by atoms with Gasteiger partial charge in [0.25, 0.3) is 0 Å². The zero-order chi connectivity index (χ0) is 21.4. The van der Waals surface area contributed by atoms with Gasteiger partial charge >= 0.3 is 12.3 Å². The van der Waals surface area contributed by atoms with Crippen molar-refractivity contribution in [1.29, 1.82) is 0 Å². The summed E-state index contributed by atoms with van der Waals surface area (Å²) in [5.41, 5.74) is -0.339. The Kier molecular flexibility index (Phi) is 5.78. The number of alkyl carbamates (subject to hydrolysis) is 1. The summed E-state index contributed by atoms with van der Waals surface area (Å²) in [6.07, 6.45) is -1.88. The van der Waals surface area contributed by atoms with E-state index in [4.69, 9.17) is 4.74 Å². The normalized spacial score (nSPS) is 22.2. The van der Waals surface area contributed by atoms with E-state index in [0.29, 0.717) is 43.5 Å². The van der Waals surface area contributed by atoms with Gasteiger partial charge < -0.3 is 15.0 Å². The number of hydrogen-bond donors (Lipinski definition) is 1. The molecule has 1 saturated carbocycles. The number of carbonyl (C=O) groups excluding carboxylic acids is 2. The highest BCUT2D eigenvalue weighted by atomic mass is 19.4. The van der Waals surface area contributed by atoms with E-state index in [1.807, 2.05) is 0 Å². The number of rotatable bonds is 2. The van der Waals surface area contributed by atoms with Crippen molar-refractivity contribution < 1.29 is 27.5 Å². The van der Waals surface area contributed by atoms with Crippen LogP contribution in [-0.2, 0) is 28.7 Å². The van der Waals surface area contributed by atoms with Crippen molar-refractivity contribution in [3.63, 3.8) is 0 Å². The topological polar surface area (TPSA) is 71.5 Å². The molecule has 160 valence electrons. The van der Waals surface area contributed by atoms with Crippen molar-refractivity contribution in [3.8, 4) is 0 Å². The fourth-order valence-electron chi connectivity index (χ4n) is 3.84. The van der Waals surface area contributed by atoms with Crippen LogP contribution in [0.15, 0.2) is 12.3 Å². The van der Waals surface area contributed by atoms with Crippen molar-refractivity contribution in [1.82, 2.24) is 15.2 Å². The minimum atomic E-state index is -4.46. The summed E-state index contributed by atoms with van der Waals surface area (Å²) in [7, 11) is 0. The first-order chi connectivity index (χ1) is 13.4. The van der Waals surface area contributed by atoms with E-state index in [1.54, 1.807) is 25.7 Å². The molecule has 1 aromatic heterocycles. The molecule has 1 unspecified atom stereocenters. The van der Waals surface area contributed by atoms with Gasteiger partial charge in [-0.05, 0) is 51.7 Å². The Morgan fingerprint density at radius 3 is 2.62 bits per heavy atom. The standard InChI is InChI=1S/C20H26F3N3O3/c1-19(2,3)29-18(28)25-15-5-4-12(9-15)17(27)26-7-6-16-13(11-26)8-14(10-24-16)20(21,22)23/h8,10,12,15H,4-7,9,11H2,1-3H3,(H,25,28)/t12-,15?/m0/s1. The van der Waals surface area contributed by atoms with Gasteiger partial charge in [-0.25, -0.2) is 4.79 Å². The molecule has 0 aromatic carbocycles. The number of hydrogen-bond acceptors (Lipinski definition) is 4. The number of nitrogens with one attached hydrogen (secondary N) is 1. The molecule has 1 aliphatic carbocycles. The average molecular weight is 413 g/mol. The molecule has 2 heterocycles. The molecule has 9 heteroatoms. The maximum atomic E-state index is 12.9. The quantitative estimate of drug-likeness (QED) is 0.803. The third-order valence-corrected chi connectivity index (χ3v) is 5.18. The number of aromatic nitrogens is 1. The molecule has 0 saturated heterocycles. The Balaban J connectivity index is 1.59. The zero-order valence-electron chi connectivity index (χ0n) is 16.8. The molecule has 2 aliphatic rings. The van der Waals surface area contributed by atoms with E-state index in [9.17, 15) is 22.8 Å². The fourth-order valence-corrected chi connectivity index (χ4v) is 3.84. The molecule has 1 fully saturated rings. The zero-order valence-corrected chi connectivity index (χ0v) is 16.8. The minimum Gasteiger partial charge on any atom is -0.444 e.